The van der Waals surface area contributed by atoms with E-state index in [0.29, 0.717) is 45.2 Å². The number of hydrogen-bond donors (Lipinski definition) is 4. The second kappa shape index (κ2) is 6.70. The minimum Gasteiger partial charge on any atom is -0.481 e. The lowest BCUT2D eigenvalue weighted by Crippen LogP contribution is -2.45. The molecule has 0 saturated heterocycles. The van der Waals surface area contributed by atoms with Gasteiger partial charge in [-0.3, -0.25) is 9.59 Å². The first-order valence-corrected chi connectivity index (χ1v) is 6.33. The van der Waals surface area contributed by atoms with Crippen molar-refractivity contribution in [2.24, 2.45) is 5.92 Å². The van der Waals surface area contributed by atoms with E-state index in [1.54, 1.807) is 7.05 Å². The van der Waals surface area contributed by atoms with Gasteiger partial charge in [-0.1, -0.05) is 0 Å². The summed E-state index contributed by atoms with van der Waals surface area (Å²) in [5, 5.41) is 24.7. The Kier molecular flexibility index (Phi) is 5.55. The van der Waals surface area contributed by atoms with Gasteiger partial charge in [0.25, 0.3) is 0 Å². The second-order valence-corrected chi connectivity index (χ2v) is 4.94. The molecule has 6 heteroatoms. The summed E-state index contributed by atoms with van der Waals surface area (Å²) in [6, 6.07) is 0. The van der Waals surface area contributed by atoms with E-state index in [1.165, 1.54) is 0 Å². The number of carbonyl (C=O) groups is 2. The molecule has 0 heterocycles. The Morgan fingerprint density at radius 2 is 1.94 bits per heavy atom. The normalized spacial score (nSPS) is 27.8. The molecule has 0 spiro atoms. The van der Waals surface area contributed by atoms with Crippen LogP contribution in [0.4, 0.5) is 0 Å². The highest BCUT2D eigenvalue weighted by Gasteiger charge is 2.35. The molecule has 6 nitrogen and oxygen atoms in total. The van der Waals surface area contributed by atoms with Gasteiger partial charge in [0.1, 0.15) is 0 Å². The Balaban J connectivity index is 2.22. The molecule has 1 fully saturated rings. The summed E-state index contributed by atoms with van der Waals surface area (Å²) < 4.78 is 0. The molecule has 1 aliphatic carbocycles. The van der Waals surface area contributed by atoms with Crippen LogP contribution in [0.5, 0.6) is 0 Å². The summed E-state index contributed by atoms with van der Waals surface area (Å²) in [7, 11) is 1.59. The first kappa shape index (κ1) is 14.9. The van der Waals surface area contributed by atoms with E-state index in [2.05, 4.69) is 10.6 Å². The van der Waals surface area contributed by atoms with Crippen molar-refractivity contribution in [1.29, 1.82) is 0 Å². The number of aliphatic hydroxyl groups is 1. The minimum absolute atomic E-state index is 0.0379. The van der Waals surface area contributed by atoms with Gasteiger partial charge in [-0.2, -0.15) is 0 Å². The Morgan fingerprint density at radius 3 is 2.44 bits per heavy atom. The van der Waals surface area contributed by atoms with E-state index in [0.717, 1.165) is 0 Å². The minimum atomic E-state index is -0.825. The van der Waals surface area contributed by atoms with E-state index in [1.807, 2.05) is 0 Å². The second-order valence-electron chi connectivity index (χ2n) is 4.94. The zero-order valence-electron chi connectivity index (χ0n) is 10.7. The quantitative estimate of drug-likeness (QED) is 0.491. The fourth-order valence-corrected chi connectivity index (χ4v) is 2.23. The third kappa shape index (κ3) is 4.62. The Bertz CT molecular complexity index is 298. The number of rotatable bonds is 6. The highest BCUT2D eigenvalue weighted by atomic mass is 16.4. The van der Waals surface area contributed by atoms with E-state index >= 15 is 0 Å². The third-order valence-corrected chi connectivity index (χ3v) is 3.53. The maximum absolute atomic E-state index is 11.0. The number of hydrogen-bond acceptors (Lipinski definition) is 4. The standard InChI is InChI=1S/C12H22N2O4/c1-13-10(15)4-7-14-8-12(18)5-2-9(3-6-12)11(16)17/h9,14,18H,2-8H2,1H3,(H,13,15)(H,16,17). The van der Waals surface area contributed by atoms with Gasteiger partial charge < -0.3 is 20.8 Å². The Labute approximate surface area is 107 Å². The summed E-state index contributed by atoms with van der Waals surface area (Å²) >= 11 is 0. The van der Waals surface area contributed by atoms with Crippen LogP contribution in [-0.2, 0) is 9.59 Å². The molecule has 0 bridgehead atoms. The Hall–Kier alpha value is -1.14. The average Bonchev–Trinajstić information content (AvgIpc) is 2.35. The van der Waals surface area contributed by atoms with Crippen molar-refractivity contribution in [3.05, 3.63) is 0 Å². The molecule has 18 heavy (non-hydrogen) atoms. The van der Waals surface area contributed by atoms with Gasteiger partial charge in [0.2, 0.25) is 5.91 Å². The summed E-state index contributed by atoms with van der Waals surface area (Å²) in [5.74, 6) is -1.13. The predicted molar refractivity (Wildman–Crippen MR) is 66.1 cm³/mol. The zero-order chi connectivity index (χ0) is 13.6. The molecule has 0 unspecified atom stereocenters. The monoisotopic (exact) mass is 258 g/mol. The fourth-order valence-electron chi connectivity index (χ4n) is 2.23. The largest absolute Gasteiger partial charge is 0.481 e. The number of amides is 1. The van der Waals surface area contributed by atoms with Crippen LogP contribution >= 0.6 is 0 Å². The van der Waals surface area contributed by atoms with E-state index in [9.17, 15) is 14.7 Å². The highest BCUT2D eigenvalue weighted by Crippen LogP contribution is 2.31. The number of carbonyl (C=O) groups excluding carboxylic acids is 1. The van der Waals surface area contributed by atoms with E-state index in [-0.39, 0.29) is 11.8 Å². The van der Waals surface area contributed by atoms with E-state index < -0.39 is 11.6 Å². The van der Waals surface area contributed by atoms with Crippen molar-refractivity contribution >= 4 is 11.9 Å². The van der Waals surface area contributed by atoms with Gasteiger partial charge in [0.05, 0.1) is 11.5 Å². The van der Waals surface area contributed by atoms with Gasteiger partial charge >= 0.3 is 5.97 Å². The van der Waals surface area contributed by atoms with Crippen LogP contribution in [0.3, 0.4) is 0 Å². The fraction of sp³-hybridized carbons (Fsp3) is 0.833. The first-order chi connectivity index (χ1) is 8.47. The van der Waals surface area contributed by atoms with Crippen LogP contribution in [0.1, 0.15) is 32.1 Å². The number of aliphatic carboxylic acids is 1. The first-order valence-electron chi connectivity index (χ1n) is 6.33. The van der Waals surface area contributed by atoms with Crippen molar-refractivity contribution in [2.45, 2.75) is 37.7 Å². The number of nitrogens with one attached hydrogen (secondary N) is 2. The van der Waals surface area contributed by atoms with E-state index in [4.69, 9.17) is 5.11 Å². The van der Waals surface area contributed by atoms with Gasteiger partial charge in [-0.25, -0.2) is 0 Å². The summed E-state index contributed by atoms with van der Waals surface area (Å²) in [6.45, 7) is 0.931. The topological polar surface area (TPSA) is 98.7 Å². The van der Waals surface area contributed by atoms with Crippen molar-refractivity contribution in [2.75, 3.05) is 20.1 Å². The summed E-state index contributed by atoms with van der Waals surface area (Å²) in [5.41, 5.74) is -0.825. The van der Waals surface area contributed by atoms with Crippen molar-refractivity contribution < 1.29 is 19.8 Å². The SMILES string of the molecule is CNC(=O)CCNCC1(O)CCC(C(=O)O)CC1. The third-order valence-electron chi connectivity index (χ3n) is 3.53. The summed E-state index contributed by atoms with van der Waals surface area (Å²) in [6.07, 6.45) is 2.41. The molecule has 0 aromatic heterocycles. The number of carboxylic acid groups (broad SMARTS) is 1. The molecule has 0 radical (unpaired) electrons. The molecular weight excluding hydrogens is 236 g/mol. The molecule has 0 aromatic carbocycles. The van der Waals surface area contributed by atoms with Crippen LogP contribution in [-0.4, -0.2) is 47.8 Å². The summed E-state index contributed by atoms with van der Waals surface area (Å²) in [4.78, 5) is 21.8. The molecule has 1 rings (SSSR count). The predicted octanol–water partition coefficient (Wildman–Crippen LogP) is -0.282. The zero-order valence-corrected chi connectivity index (χ0v) is 10.7. The van der Waals surface area contributed by atoms with Crippen LogP contribution in [0, 0.1) is 5.92 Å². The molecule has 1 amide bonds. The van der Waals surface area contributed by atoms with Gasteiger partial charge in [0, 0.05) is 26.6 Å². The molecule has 4 N–H and O–H groups in total. The van der Waals surface area contributed by atoms with Gasteiger partial charge in [-0.05, 0) is 25.7 Å². The molecule has 104 valence electrons. The smallest absolute Gasteiger partial charge is 0.306 e. The van der Waals surface area contributed by atoms with Crippen LogP contribution in [0.15, 0.2) is 0 Å². The maximum atomic E-state index is 11.0. The molecule has 0 atom stereocenters. The maximum Gasteiger partial charge on any atom is 0.306 e. The lowest BCUT2D eigenvalue weighted by molar-refractivity contribution is -0.144. The van der Waals surface area contributed by atoms with Gasteiger partial charge in [0.15, 0.2) is 0 Å². The van der Waals surface area contributed by atoms with Gasteiger partial charge in [-0.15, -0.1) is 0 Å². The average molecular weight is 258 g/mol. The van der Waals surface area contributed by atoms with Crippen molar-refractivity contribution in [3.8, 4) is 0 Å². The van der Waals surface area contributed by atoms with Crippen LogP contribution in [0.2, 0.25) is 0 Å². The molecule has 1 aliphatic rings. The highest BCUT2D eigenvalue weighted by molar-refractivity contribution is 5.75. The molecule has 0 aromatic rings. The molecular formula is C12H22N2O4. The molecule has 0 aliphatic heterocycles. The Morgan fingerprint density at radius 1 is 1.33 bits per heavy atom. The molecule has 1 saturated carbocycles. The van der Waals surface area contributed by atoms with Crippen LogP contribution < -0.4 is 10.6 Å². The lowest BCUT2D eigenvalue weighted by Gasteiger charge is -2.34. The van der Waals surface area contributed by atoms with Crippen LogP contribution in [0.25, 0.3) is 0 Å². The van der Waals surface area contributed by atoms with Crippen molar-refractivity contribution in [1.82, 2.24) is 10.6 Å². The lowest BCUT2D eigenvalue weighted by atomic mass is 9.79. The van der Waals surface area contributed by atoms with Crippen molar-refractivity contribution in [3.63, 3.8) is 0 Å². The number of carboxylic acids is 1.